The van der Waals surface area contributed by atoms with Crippen molar-refractivity contribution in [2.45, 2.75) is 37.8 Å². The summed E-state index contributed by atoms with van der Waals surface area (Å²) in [6.45, 7) is -0.0183. The summed E-state index contributed by atoms with van der Waals surface area (Å²) in [6.07, 6.45) is 13.0. The third kappa shape index (κ3) is 4.09. The molecule has 0 saturated heterocycles. The van der Waals surface area contributed by atoms with E-state index in [1.807, 2.05) is 36.4 Å². The number of allylic oxidation sites excluding steroid dienone is 2. The summed E-state index contributed by atoms with van der Waals surface area (Å²) in [5.41, 5.74) is 1.45. The third-order valence-corrected chi connectivity index (χ3v) is 5.38. The zero-order valence-electron chi connectivity index (χ0n) is 15.4. The Morgan fingerprint density at radius 3 is 2.89 bits per heavy atom. The first-order chi connectivity index (χ1) is 13.6. The average molecular weight is 398 g/mol. The van der Waals surface area contributed by atoms with E-state index in [4.69, 9.17) is 16.3 Å². The van der Waals surface area contributed by atoms with Gasteiger partial charge in [-0.3, -0.25) is 4.79 Å². The van der Waals surface area contributed by atoms with Crippen molar-refractivity contribution in [2.24, 2.45) is 0 Å². The maximum atomic E-state index is 13.1. The summed E-state index contributed by atoms with van der Waals surface area (Å²) >= 11 is 6.05. The molecule has 1 aromatic carbocycles. The normalized spacial score (nSPS) is 23.1. The van der Waals surface area contributed by atoms with Gasteiger partial charge in [0.2, 0.25) is 24.1 Å². The van der Waals surface area contributed by atoms with E-state index in [1.54, 1.807) is 18.2 Å². The topological polar surface area (TPSA) is 58.4 Å². The summed E-state index contributed by atoms with van der Waals surface area (Å²) in [5.74, 6) is -0.268. The summed E-state index contributed by atoms with van der Waals surface area (Å²) < 4.78 is 7.42. The van der Waals surface area contributed by atoms with Crippen LogP contribution in [0.2, 0.25) is 5.02 Å². The van der Waals surface area contributed by atoms with Crippen LogP contribution in [0.5, 0.6) is 0 Å². The van der Waals surface area contributed by atoms with Crippen molar-refractivity contribution in [1.29, 1.82) is 0 Å². The maximum absolute atomic E-state index is 13.1. The highest BCUT2D eigenvalue weighted by atomic mass is 35.5. The highest BCUT2D eigenvalue weighted by Crippen LogP contribution is 2.22. The first kappa shape index (κ1) is 18.7. The molecule has 0 radical (unpaired) electrons. The van der Waals surface area contributed by atoms with Crippen LogP contribution in [0.15, 0.2) is 54.3 Å². The van der Waals surface area contributed by atoms with Crippen molar-refractivity contribution in [2.75, 3.05) is 6.54 Å². The number of carbonyl (C=O) groups excluding carboxylic acids is 2. The third-order valence-electron chi connectivity index (χ3n) is 5.15. The van der Waals surface area contributed by atoms with Crippen LogP contribution in [-0.2, 0) is 14.3 Å². The molecule has 1 saturated carbocycles. The number of amides is 2. The Morgan fingerprint density at radius 1 is 1.29 bits per heavy atom. The molecule has 1 aliphatic heterocycles. The molecule has 144 valence electrons. The summed E-state index contributed by atoms with van der Waals surface area (Å²) in [4.78, 5) is 25.6. The van der Waals surface area contributed by atoms with Crippen LogP contribution in [0.1, 0.15) is 31.2 Å². The lowest BCUT2D eigenvalue weighted by Crippen LogP contribution is -2.47. The molecule has 6 heteroatoms. The van der Waals surface area contributed by atoms with Gasteiger partial charge >= 0.3 is 5.91 Å². The highest BCUT2D eigenvalue weighted by molar-refractivity contribution is 6.30. The van der Waals surface area contributed by atoms with Crippen molar-refractivity contribution < 1.29 is 18.9 Å². The van der Waals surface area contributed by atoms with Crippen molar-refractivity contribution in [1.82, 2.24) is 5.32 Å². The number of nitrogens with zero attached hydrogens (tertiary/aromatic N) is 1. The van der Waals surface area contributed by atoms with Gasteiger partial charge in [-0.2, -0.15) is 0 Å². The standard InChI is InChI=1S/C22H21ClN2O3/c23-16-7-5-6-15(12-16)13-20-22(27)25(18-10-3-4-11-19(18)28-20)14-21(26)24-17-8-1-2-9-17/h3-7,10-13,17,19H,1-2,8-9,14H2/p+1/b20-13+. The van der Waals surface area contributed by atoms with Crippen molar-refractivity contribution in [3.8, 4) is 0 Å². The SMILES string of the molecule is O=C(C[N+]1=C2C=CC=CC2O/C(=C/c2cccc(Cl)c2)C1=O)NC1CCCC1. The smallest absolute Gasteiger partial charge is 0.455 e. The van der Waals surface area contributed by atoms with Gasteiger partial charge in [0, 0.05) is 17.1 Å². The molecule has 28 heavy (non-hydrogen) atoms. The van der Waals surface area contributed by atoms with E-state index in [0.29, 0.717) is 10.7 Å². The minimum absolute atomic E-state index is 0.0183. The Balaban J connectivity index is 1.61. The van der Waals surface area contributed by atoms with Gasteiger partial charge in [0.1, 0.15) is 0 Å². The van der Waals surface area contributed by atoms with Gasteiger partial charge in [-0.05, 0) is 42.7 Å². The van der Waals surface area contributed by atoms with Gasteiger partial charge in [-0.15, -0.1) is 4.58 Å². The molecular weight excluding hydrogens is 376 g/mol. The minimum atomic E-state index is -0.396. The van der Waals surface area contributed by atoms with Gasteiger partial charge in [-0.25, -0.2) is 4.79 Å². The van der Waals surface area contributed by atoms with Crippen LogP contribution in [0.25, 0.3) is 6.08 Å². The van der Waals surface area contributed by atoms with Crippen LogP contribution in [0.4, 0.5) is 0 Å². The highest BCUT2D eigenvalue weighted by Gasteiger charge is 2.40. The van der Waals surface area contributed by atoms with Crippen LogP contribution in [0.3, 0.4) is 0 Å². The fraction of sp³-hybridized carbons (Fsp3) is 0.318. The van der Waals surface area contributed by atoms with Crippen molar-refractivity contribution >= 4 is 35.2 Å². The number of nitrogens with one attached hydrogen (secondary N) is 1. The second kappa shape index (κ2) is 8.15. The molecule has 1 atom stereocenters. The molecule has 0 spiro atoms. The van der Waals surface area contributed by atoms with E-state index in [1.165, 1.54) is 4.58 Å². The molecule has 1 N–H and O–H groups in total. The second-order valence-electron chi connectivity index (χ2n) is 7.21. The van der Waals surface area contributed by atoms with Gasteiger partial charge < -0.3 is 10.1 Å². The average Bonchev–Trinajstić information content (AvgIpc) is 3.18. The predicted octanol–water partition coefficient (Wildman–Crippen LogP) is 3.24. The number of hydrogen-bond acceptors (Lipinski definition) is 3. The van der Waals surface area contributed by atoms with Crippen LogP contribution < -0.4 is 5.32 Å². The lowest BCUT2D eigenvalue weighted by Gasteiger charge is -2.23. The first-order valence-corrected chi connectivity index (χ1v) is 9.95. The van der Waals surface area contributed by atoms with Crippen molar-refractivity contribution in [3.63, 3.8) is 0 Å². The van der Waals surface area contributed by atoms with E-state index in [2.05, 4.69) is 5.32 Å². The quantitative estimate of drug-likeness (QED) is 0.626. The lowest BCUT2D eigenvalue weighted by molar-refractivity contribution is -0.443. The Bertz CT molecular complexity index is 923. The second-order valence-corrected chi connectivity index (χ2v) is 7.65. The van der Waals surface area contributed by atoms with Crippen LogP contribution >= 0.6 is 11.6 Å². The number of ether oxygens (including phenoxy) is 1. The van der Waals surface area contributed by atoms with Crippen LogP contribution in [0, 0.1) is 0 Å². The molecule has 0 bridgehead atoms. The number of benzene rings is 1. The summed E-state index contributed by atoms with van der Waals surface area (Å²) in [7, 11) is 0. The van der Waals surface area contributed by atoms with E-state index >= 15 is 0 Å². The predicted molar refractivity (Wildman–Crippen MR) is 108 cm³/mol. The minimum Gasteiger partial charge on any atom is -0.465 e. The molecular formula is C22H22ClN2O3+. The van der Waals surface area contributed by atoms with Gasteiger partial charge in [0.25, 0.3) is 5.91 Å². The monoisotopic (exact) mass is 397 g/mol. The number of halogens is 1. The fourth-order valence-corrected chi connectivity index (χ4v) is 3.99. The maximum Gasteiger partial charge on any atom is 0.455 e. The molecule has 1 heterocycles. The van der Waals surface area contributed by atoms with E-state index in [9.17, 15) is 9.59 Å². The molecule has 4 rings (SSSR count). The number of carbonyl (C=O) groups is 2. The van der Waals surface area contributed by atoms with Crippen molar-refractivity contribution in [3.05, 3.63) is 64.9 Å². The van der Waals surface area contributed by atoms with E-state index < -0.39 is 6.10 Å². The molecule has 2 amide bonds. The number of hydrogen-bond donors (Lipinski definition) is 1. The van der Waals surface area contributed by atoms with Gasteiger partial charge in [0.05, 0.1) is 0 Å². The Kier molecular flexibility index (Phi) is 5.44. The number of fused-ring (bicyclic) bond motifs is 1. The molecule has 1 fully saturated rings. The molecule has 1 unspecified atom stereocenters. The molecule has 0 aromatic heterocycles. The van der Waals surface area contributed by atoms with Gasteiger partial charge in [0.15, 0.2) is 0 Å². The Labute approximate surface area is 169 Å². The fourth-order valence-electron chi connectivity index (χ4n) is 3.79. The lowest BCUT2D eigenvalue weighted by atomic mass is 10.1. The van der Waals surface area contributed by atoms with Gasteiger partial charge in [-0.1, -0.05) is 48.7 Å². The van der Waals surface area contributed by atoms with E-state index in [0.717, 1.165) is 31.2 Å². The van der Waals surface area contributed by atoms with E-state index in [-0.39, 0.29) is 30.2 Å². The van der Waals surface area contributed by atoms with Crippen LogP contribution in [-0.4, -0.2) is 40.8 Å². The summed E-state index contributed by atoms with van der Waals surface area (Å²) in [6, 6.07) is 7.41. The Morgan fingerprint density at radius 2 is 2.11 bits per heavy atom. The summed E-state index contributed by atoms with van der Waals surface area (Å²) in [5, 5.41) is 3.63. The number of rotatable bonds is 4. The zero-order chi connectivity index (χ0) is 19.5. The zero-order valence-corrected chi connectivity index (χ0v) is 16.2. The largest absolute Gasteiger partial charge is 0.465 e. The molecule has 5 nitrogen and oxygen atoms in total. The molecule has 3 aliphatic rings. The molecule has 1 aromatic rings. The Hall–Kier alpha value is -2.66. The molecule has 2 aliphatic carbocycles. The first-order valence-electron chi connectivity index (χ1n) is 9.57.